The molecule has 4 rings (SSSR count). The highest BCUT2D eigenvalue weighted by Crippen LogP contribution is 2.26. The molecule has 0 saturated heterocycles. The van der Waals surface area contributed by atoms with Crippen LogP contribution in [-0.2, 0) is 38.4 Å². The maximum atomic E-state index is 12.4. The normalized spacial score (nSPS) is 17.7. The number of carbonyl (C=O) groups excluding carboxylic acids is 2. The van der Waals surface area contributed by atoms with Gasteiger partial charge in [-0.15, -0.1) is 0 Å². The average molecular weight is 585 g/mol. The van der Waals surface area contributed by atoms with Crippen LogP contribution in [0.4, 0.5) is 0 Å². The molecule has 224 valence electrons. The first-order valence-electron chi connectivity index (χ1n) is 14.0. The highest BCUT2D eigenvalue weighted by atomic mass is 16.4. The average Bonchev–Trinajstić information content (AvgIpc) is 3.59. The second-order valence-corrected chi connectivity index (χ2v) is 10.8. The van der Waals surface area contributed by atoms with Crippen molar-refractivity contribution in [2.75, 3.05) is 0 Å². The Morgan fingerprint density at radius 2 is 1.49 bits per heavy atom. The number of nitrogens with one attached hydrogen (secondary N) is 3. The standard InChI is InChI=1S/C33H36N4O6/c1-7-20-19(6)32(42)37-27(20)14-25-18(5)23(10-12-31(40)41)29(35-25)15-28-22(9-11-30(38)39)17(4)24(34-28)13-26-16(3)21(8-2)33(43)36-26/h7-8,14-15,26,34-35H,1-2,9-13H2,3-6H3,(H,36,43)(H,38,39)(H,40,41)/b25-14+,29-15-/t26-/m1/s1. The van der Waals surface area contributed by atoms with Crippen LogP contribution in [0.15, 0.2) is 52.6 Å². The number of allylic oxidation sites excluding steroid dienone is 2. The second-order valence-electron chi connectivity index (χ2n) is 10.8. The summed E-state index contributed by atoms with van der Waals surface area (Å²) < 4.78 is 0. The maximum absolute atomic E-state index is 12.4. The number of aliphatic imine (C=N–C) groups is 1. The van der Waals surface area contributed by atoms with Gasteiger partial charge in [-0.05, 0) is 80.5 Å². The van der Waals surface area contributed by atoms with E-state index in [-0.39, 0.29) is 43.5 Å². The van der Waals surface area contributed by atoms with Crippen LogP contribution in [0.2, 0.25) is 0 Å². The Balaban J connectivity index is 1.87. The maximum Gasteiger partial charge on any atom is 0.303 e. The molecule has 2 aromatic rings. The Bertz CT molecular complexity index is 1790. The number of hydrogen-bond acceptors (Lipinski definition) is 4. The Kier molecular flexibility index (Phi) is 8.99. The Hall–Kier alpha value is -4.99. The van der Waals surface area contributed by atoms with Crippen LogP contribution < -0.4 is 16.0 Å². The van der Waals surface area contributed by atoms with E-state index in [0.29, 0.717) is 45.2 Å². The highest BCUT2D eigenvalue weighted by molar-refractivity contribution is 6.32. The van der Waals surface area contributed by atoms with E-state index < -0.39 is 11.9 Å². The van der Waals surface area contributed by atoms with Gasteiger partial charge < -0.3 is 25.5 Å². The van der Waals surface area contributed by atoms with Crippen molar-refractivity contribution >= 4 is 41.6 Å². The lowest BCUT2D eigenvalue weighted by Crippen LogP contribution is -2.30. The molecule has 2 aromatic heterocycles. The molecule has 0 fully saturated rings. The summed E-state index contributed by atoms with van der Waals surface area (Å²) >= 11 is 0. The van der Waals surface area contributed by atoms with Crippen molar-refractivity contribution in [2.45, 2.75) is 65.8 Å². The molecule has 0 aromatic carbocycles. The van der Waals surface area contributed by atoms with Crippen LogP contribution >= 0.6 is 0 Å². The van der Waals surface area contributed by atoms with Gasteiger partial charge in [0.25, 0.3) is 11.8 Å². The van der Waals surface area contributed by atoms with Crippen LogP contribution in [0, 0.1) is 13.8 Å². The number of aliphatic carboxylic acids is 2. The van der Waals surface area contributed by atoms with Gasteiger partial charge in [0.1, 0.15) is 0 Å². The van der Waals surface area contributed by atoms with E-state index in [4.69, 9.17) is 0 Å². The third-order valence-corrected chi connectivity index (χ3v) is 8.25. The summed E-state index contributed by atoms with van der Waals surface area (Å²) in [5, 5.41) is 23.2. The molecule has 10 heteroatoms. The molecule has 1 atom stereocenters. The van der Waals surface area contributed by atoms with Gasteiger partial charge in [0, 0.05) is 58.1 Å². The fourth-order valence-electron chi connectivity index (χ4n) is 5.68. The van der Waals surface area contributed by atoms with E-state index in [2.05, 4.69) is 33.4 Å². The van der Waals surface area contributed by atoms with Crippen molar-refractivity contribution in [1.29, 1.82) is 0 Å². The molecule has 2 amide bonds. The molecule has 4 heterocycles. The van der Waals surface area contributed by atoms with E-state index in [1.54, 1.807) is 25.2 Å². The molecule has 0 radical (unpaired) electrons. The number of carboxylic acid groups (broad SMARTS) is 2. The van der Waals surface area contributed by atoms with E-state index >= 15 is 0 Å². The van der Waals surface area contributed by atoms with Crippen LogP contribution in [0.25, 0.3) is 12.2 Å². The first kappa shape index (κ1) is 31.0. The number of amides is 2. The van der Waals surface area contributed by atoms with Gasteiger partial charge in [-0.3, -0.25) is 19.2 Å². The highest BCUT2D eigenvalue weighted by Gasteiger charge is 2.28. The van der Waals surface area contributed by atoms with E-state index in [1.165, 1.54) is 0 Å². The van der Waals surface area contributed by atoms with Gasteiger partial charge in [-0.25, -0.2) is 4.99 Å². The van der Waals surface area contributed by atoms with Crippen molar-refractivity contribution in [3.63, 3.8) is 0 Å². The van der Waals surface area contributed by atoms with Crippen LogP contribution in [-0.4, -0.2) is 55.7 Å². The zero-order valence-electron chi connectivity index (χ0n) is 24.8. The van der Waals surface area contributed by atoms with Crippen molar-refractivity contribution in [2.24, 2.45) is 4.99 Å². The van der Waals surface area contributed by atoms with Crippen LogP contribution in [0.1, 0.15) is 60.3 Å². The van der Waals surface area contributed by atoms with Crippen molar-refractivity contribution < 1.29 is 29.4 Å². The molecule has 2 aliphatic heterocycles. The first-order chi connectivity index (χ1) is 20.4. The lowest BCUT2D eigenvalue weighted by molar-refractivity contribution is -0.138. The summed E-state index contributed by atoms with van der Waals surface area (Å²) in [6.45, 7) is 14.9. The SMILES string of the molecule is C=CC1=C(C)C(=O)N=C1/C=c1/[nH]/c(=C\c2[nH]c(C[C@H]3NC(=O)C(C=C)=C3C)c(C)c2CCC(=O)O)c(CCC(=O)O)c1C. The first-order valence-corrected chi connectivity index (χ1v) is 14.0. The summed E-state index contributed by atoms with van der Waals surface area (Å²) in [5.41, 5.74) is 7.95. The van der Waals surface area contributed by atoms with Crippen molar-refractivity contribution in [3.05, 3.63) is 91.9 Å². The number of nitrogens with zero attached hydrogens (tertiary/aromatic N) is 1. The second kappa shape index (κ2) is 12.5. The van der Waals surface area contributed by atoms with Crippen molar-refractivity contribution in [3.8, 4) is 0 Å². The molecular formula is C33H36N4O6. The zero-order valence-corrected chi connectivity index (χ0v) is 24.8. The van der Waals surface area contributed by atoms with Gasteiger partial charge in [0.15, 0.2) is 0 Å². The molecule has 5 N–H and O–H groups in total. The Morgan fingerprint density at radius 3 is 2.07 bits per heavy atom. The van der Waals surface area contributed by atoms with E-state index in [1.807, 2.05) is 26.8 Å². The number of carbonyl (C=O) groups is 4. The van der Waals surface area contributed by atoms with E-state index in [9.17, 15) is 29.4 Å². The summed E-state index contributed by atoms with van der Waals surface area (Å²) in [7, 11) is 0. The third-order valence-electron chi connectivity index (χ3n) is 8.25. The lowest BCUT2D eigenvalue weighted by Gasteiger charge is -2.12. The number of H-pyrrole nitrogens is 2. The summed E-state index contributed by atoms with van der Waals surface area (Å²) in [6, 6.07) is -0.233. The molecule has 10 nitrogen and oxygen atoms in total. The minimum Gasteiger partial charge on any atom is -0.481 e. The van der Waals surface area contributed by atoms with Gasteiger partial charge in [0.2, 0.25) is 0 Å². The topological polar surface area (TPSA) is 165 Å². The van der Waals surface area contributed by atoms with Crippen LogP contribution in [0.3, 0.4) is 0 Å². The molecule has 0 aliphatic carbocycles. The van der Waals surface area contributed by atoms with Gasteiger partial charge >= 0.3 is 11.9 Å². The molecule has 0 spiro atoms. The number of hydrogen-bond donors (Lipinski definition) is 5. The molecule has 0 saturated carbocycles. The van der Waals surface area contributed by atoms with Gasteiger partial charge in [-0.1, -0.05) is 25.3 Å². The predicted octanol–water partition coefficient (Wildman–Crippen LogP) is 2.63. The quantitative estimate of drug-likeness (QED) is 0.257. The monoisotopic (exact) mass is 584 g/mol. The number of aromatic nitrogens is 2. The summed E-state index contributed by atoms with van der Waals surface area (Å²) in [5.74, 6) is -2.36. The smallest absolute Gasteiger partial charge is 0.303 e. The summed E-state index contributed by atoms with van der Waals surface area (Å²) in [6.07, 6.45) is 7.62. The number of carboxylic acids is 2. The molecular weight excluding hydrogens is 548 g/mol. The minimum atomic E-state index is -0.934. The zero-order chi connectivity index (χ0) is 31.6. The third kappa shape index (κ3) is 6.28. The lowest BCUT2D eigenvalue weighted by atomic mass is 9.98. The summed E-state index contributed by atoms with van der Waals surface area (Å²) in [4.78, 5) is 58.6. The molecule has 0 bridgehead atoms. The Labute approximate surface area is 249 Å². The van der Waals surface area contributed by atoms with E-state index in [0.717, 1.165) is 33.5 Å². The number of rotatable bonds is 12. The molecule has 2 aliphatic rings. The molecule has 43 heavy (non-hydrogen) atoms. The van der Waals surface area contributed by atoms with Crippen LogP contribution in [0.5, 0.6) is 0 Å². The fourth-order valence-corrected chi connectivity index (χ4v) is 5.68. The Morgan fingerprint density at radius 1 is 0.860 bits per heavy atom. The van der Waals surface area contributed by atoms with Gasteiger partial charge in [-0.2, -0.15) is 0 Å². The molecule has 0 unspecified atom stereocenters. The van der Waals surface area contributed by atoms with Crippen molar-refractivity contribution in [1.82, 2.24) is 15.3 Å². The number of aromatic amines is 2. The largest absolute Gasteiger partial charge is 0.481 e. The fraction of sp³-hybridized carbons (Fsp3) is 0.303. The van der Waals surface area contributed by atoms with Gasteiger partial charge in [0.05, 0.1) is 11.8 Å². The predicted molar refractivity (Wildman–Crippen MR) is 164 cm³/mol. The minimum absolute atomic E-state index is 0.0722.